The Labute approximate surface area is 128 Å². The topological polar surface area (TPSA) is 70.8 Å². The summed E-state index contributed by atoms with van der Waals surface area (Å²) in [6, 6.07) is 11.0. The number of amides is 1. The van der Waals surface area contributed by atoms with Gasteiger partial charge < -0.3 is 14.4 Å². The molecule has 3 rings (SSSR count). The predicted octanol–water partition coefficient (Wildman–Crippen LogP) is 2.42. The van der Waals surface area contributed by atoms with Crippen LogP contribution in [0.2, 0.25) is 0 Å². The fourth-order valence-electron chi connectivity index (χ4n) is 2.85. The molecule has 0 saturated carbocycles. The van der Waals surface area contributed by atoms with Crippen LogP contribution in [0.3, 0.4) is 0 Å². The van der Waals surface area contributed by atoms with Crippen LogP contribution in [0.4, 0.5) is 0 Å². The van der Waals surface area contributed by atoms with Crippen molar-refractivity contribution in [2.75, 3.05) is 6.54 Å². The minimum absolute atomic E-state index is 0.0443. The number of carbonyl (C=O) groups excluding carboxylic acids is 1. The Morgan fingerprint density at radius 2 is 2.05 bits per heavy atom. The van der Waals surface area contributed by atoms with Gasteiger partial charge in [0, 0.05) is 25.9 Å². The summed E-state index contributed by atoms with van der Waals surface area (Å²) in [6.45, 7) is 0.695. The Balaban J connectivity index is 1.73. The summed E-state index contributed by atoms with van der Waals surface area (Å²) in [4.78, 5) is 25.5. The molecule has 0 unspecified atom stereocenters. The van der Waals surface area contributed by atoms with E-state index in [1.807, 2.05) is 30.3 Å². The van der Waals surface area contributed by atoms with Crippen molar-refractivity contribution in [3.63, 3.8) is 0 Å². The first-order chi connectivity index (χ1) is 10.6. The fraction of sp³-hybridized carbons (Fsp3) is 0.294. The van der Waals surface area contributed by atoms with Gasteiger partial charge >= 0.3 is 5.97 Å². The second kappa shape index (κ2) is 6.05. The maximum absolute atomic E-state index is 12.4. The van der Waals surface area contributed by atoms with E-state index in [9.17, 15) is 14.7 Å². The average Bonchev–Trinajstić information content (AvgIpc) is 3.04. The molecule has 2 heterocycles. The third-order valence-corrected chi connectivity index (χ3v) is 4.01. The number of rotatable bonds is 4. The van der Waals surface area contributed by atoms with Gasteiger partial charge in [-0.05, 0) is 23.3 Å². The Morgan fingerprint density at radius 3 is 2.77 bits per heavy atom. The molecule has 0 radical (unpaired) electrons. The number of nitrogens with zero attached hydrogens (tertiary/aromatic N) is 1. The summed E-state index contributed by atoms with van der Waals surface area (Å²) < 4.78 is 5.22. The molecule has 0 saturated heterocycles. The molecule has 1 aromatic heterocycles. The zero-order valence-electron chi connectivity index (χ0n) is 12.1. The van der Waals surface area contributed by atoms with Gasteiger partial charge in [-0.25, -0.2) is 0 Å². The molecule has 0 spiro atoms. The van der Waals surface area contributed by atoms with Crippen LogP contribution < -0.4 is 0 Å². The minimum atomic E-state index is -0.893. The number of aryl methyl sites for hydroxylation is 1. The lowest BCUT2D eigenvalue weighted by Gasteiger charge is -2.32. The first-order valence-electron chi connectivity index (χ1n) is 7.26. The lowest BCUT2D eigenvalue weighted by Crippen LogP contribution is -2.40. The highest BCUT2D eigenvalue weighted by molar-refractivity contribution is 5.81. The van der Waals surface area contributed by atoms with Crippen molar-refractivity contribution in [3.8, 4) is 0 Å². The number of furan rings is 1. The summed E-state index contributed by atoms with van der Waals surface area (Å²) in [5.74, 6) is -0.828. The van der Waals surface area contributed by atoms with Gasteiger partial charge in [-0.3, -0.25) is 9.59 Å². The van der Waals surface area contributed by atoms with Gasteiger partial charge in [-0.1, -0.05) is 24.3 Å². The molecular formula is C17H17NO4. The molecule has 5 heteroatoms. The van der Waals surface area contributed by atoms with E-state index in [0.717, 1.165) is 16.9 Å². The summed E-state index contributed by atoms with van der Waals surface area (Å²) >= 11 is 0. The smallest absolute Gasteiger partial charge is 0.312 e. The van der Waals surface area contributed by atoms with Crippen molar-refractivity contribution in [2.45, 2.75) is 25.3 Å². The zero-order valence-corrected chi connectivity index (χ0v) is 12.1. The fourth-order valence-corrected chi connectivity index (χ4v) is 2.85. The molecule has 5 nitrogen and oxygen atoms in total. The van der Waals surface area contributed by atoms with Crippen molar-refractivity contribution >= 4 is 11.9 Å². The van der Waals surface area contributed by atoms with Gasteiger partial charge in [0.15, 0.2) is 0 Å². The monoisotopic (exact) mass is 299 g/mol. The molecule has 1 aliphatic heterocycles. The van der Waals surface area contributed by atoms with E-state index < -0.39 is 11.9 Å². The quantitative estimate of drug-likeness (QED) is 0.941. The van der Waals surface area contributed by atoms with Crippen molar-refractivity contribution in [2.24, 2.45) is 0 Å². The summed E-state index contributed by atoms with van der Waals surface area (Å²) in [5, 5.41) is 9.41. The van der Waals surface area contributed by atoms with Crippen molar-refractivity contribution in [1.82, 2.24) is 4.90 Å². The van der Waals surface area contributed by atoms with E-state index in [0.29, 0.717) is 19.4 Å². The number of benzene rings is 1. The molecule has 1 amide bonds. The molecule has 0 aliphatic carbocycles. The minimum Gasteiger partial charge on any atom is -0.481 e. The second-order valence-electron chi connectivity index (χ2n) is 5.44. The number of carboxylic acids is 1. The summed E-state index contributed by atoms with van der Waals surface area (Å²) in [6.07, 6.45) is 2.43. The van der Waals surface area contributed by atoms with Crippen molar-refractivity contribution < 1.29 is 19.1 Å². The van der Waals surface area contributed by atoms with Crippen LogP contribution >= 0.6 is 0 Å². The normalized spacial score (nSPS) is 17.1. The van der Waals surface area contributed by atoms with Crippen molar-refractivity contribution in [3.05, 3.63) is 59.5 Å². The van der Waals surface area contributed by atoms with Gasteiger partial charge in [0.25, 0.3) is 0 Å². The summed E-state index contributed by atoms with van der Waals surface area (Å²) in [7, 11) is 0. The molecule has 1 N–H and O–H groups in total. The largest absolute Gasteiger partial charge is 0.481 e. The van der Waals surface area contributed by atoms with Gasteiger partial charge in [-0.2, -0.15) is 0 Å². The first-order valence-corrected chi connectivity index (χ1v) is 7.26. The van der Waals surface area contributed by atoms with Crippen LogP contribution in [-0.2, 0) is 22.6 Å². The van der Waals surface area contributed by atoms with E-state index in [-0.39, 0.29) is 12.5 Å². The molecule has 2 aromatic rings. The van der Waals surface area contributed by atoms with E-state index in [2.05, 4.69) is 0 Å². The Hall–Kier alpha value is -2.56. The Morgan fingerprint density at radius 1 is 1.23 bits per heavy atom. The van der Waals surface area contributed by atoms with Crippen LogP contribution in [0, 0.1) is 0 Å². The van der Waals surface area contributed by atoms with Crippen LogP contribution in [0.15, 0.2) is 47.1 Å². The second-order valence-corrected chi connectivity index (χ2v) is 5.44. The Bertz CT molecular complexity index is 678. The molecule has 22 heavy (non-hydrogen) atoms. The third kappa shape index (κ3) is 2.88. The molecule has 1 aliphatic rings. The van der Waals surface area contributed by atoms with Gasteiger partial charge in [-0.15, -0.1) is 0 Å². The lowest BCUT2D eigenvalue weighted by molar-refractivity contribution is -0.141. The Kier molecular flexibility index (Phi) is 3.96. The average molecular weight is 299 g/mol. The highest BCUT2D eigenvalue weighted by Gasteiger charge is 2.32. The maximum atomic E-state index is 12.4. The van der Waals surface area contributed by atoms with Gasteiger partial charge in [0.2, 0.25) is 5.91 Å². The van der Waals surface area contributed by atoms with Crippen LogP contribution in [0.5, 0.6) is 0 Å². The van der Waals surface area contributed by atoms with E-state index in [1.54, 1.807) is 17.2 Å². The van der Waals surface area contributed by atoms with E-state index >= 15 is 0 Å². The number of aliphatic carboxylic acids is 1. The molecule has 1 atom stereocenters. The molecule has 114 valence electrons. The van der Waals surface area contributed by atoms with Gasteiger partial charge in [0.1, 0.15) is 5.76 Å². The number of hydrogen-bond donors (Lipinski definition) is 1. The zero-order chi connectivity index (χ0) is 15.5. The standard InChI is InChI=1S/C17H17NO4/c19-16(8-7-13-5-3-9-22-13)18-10-12-4-1-2-6-14(12)15(11-18)17(20)21/h1-6,9,15H,7-8,10-11H2,(H,20,21)/t15-/m1/s1. The summed E-state index contributed by atoms with van der Waals surface area (Å²) in [5.41, 5.74) is 1.72. The predicted molar refractivity (Wildman–Crippen MR) is 79.3 cm³/mol. The third-order valence-electron chi connectivity index (χ3n) is 4.01. The van der Waals surface area contributed by atoms with E-state index in [1.165, 1.54) is 0 Å². The number of carboxylic acid groups (broad SMARTS) is 1. The van der Waals surface area contributed by atoms with Crippen LogP contribution in [-0.4, -0.2) is 28.4 Å². The SMILES string of the molecule is O=C(O)[C@@H]1CN(C(=O)CCc2ccco2)Cc2ccccc21. The number of hydrogen-bond acceptors (Lipinski definition) is 3. The molecule has 0 fully saturated rings. The molecule has 1 aromatic carbocycles. The molecule has 0 bridgehead atoms. The molecular weight excluding hydrogens is 282 g/mol. The number of fused-ring (bicyclic) bond motifs is 1. The highest BCUT2D eigenvalue weighted by atomic mass is 16.4. The van der Waals surface area contributed by atoms with Crippen LogP contribution in [0.1, 0.15) is 29.2 Å². The highest BCUT2D eigenvalue weighted by Crippen LogP contribution is 2.28. The van der Waals surface area contributed by atoms with Crippen molar-refractivity contribution in [1.29, 1.82) is 0 Å². The van der Waals surface area contributed by atoms with Gasteiger partial charge in [0.05, 0.1) is 12.2 Å². The number of carbonyl (C=O) groups is 2. The maximum Gasteiger partial charge on any atom is 0.312 e. The van der Waals surface area contributed by atoms with Crippen LogP contribution in [0.25, 0.3) is 0 Å². The lowest BCUT2D eigenvalue weighted by atomic mass is 9.89. The first kappa shape index (κ1) is 14.4. The van der Waals surface area contributed by atoms with E-state index in [4.69, 9.17) is 4.42 Å².